The van der Waals surface area contributed by atoms with Gasteiger partial charge >= 0.3 is 30.0 Å². The Labute approximate surface area is 515 Å². The normalized spacial score (nSPS) is 28.6. The van der Waals surface area contributed by atoms with E-state index in [9.17, 15) is 34.2 Å². The molecule has 3 unspecified atom stereocenters. The van der Waals surface area contributed by atoms with Gasteiger partial charge in [0.15, 0.2) is 23.8 Å². The van der Waals surface area contributed by atoms with Crippen molar-refractivity contribution in [3.05, 3.63) is 143 Å². The van der Waals surface area contributed by atoms with Crippen LogP contribution in [-0.2, 0) is 61.8 Å². The number of Topliss-reactive ketones (excluding diaryl/α,β-unsaturated/α-hetero) is 1. The van der Waals surface area contributed by atoms with Crippen LogP contribution in [0.15, 0.2) is 126 Å². The van der Waals surface area contributed by atoms with E-state index in [2.05, 4.69) is 36.5 Å². The summed E-state index contributed by atoms with van der Waals surface area (Å²) in [6.07, 6.45) is 8.12. The van der Waals surface area contributed by atoms with E-state index < -0.39 is 131 Å². The van der Waals surface area contributed by atoms with Crippen molar-refractivity contribution < 1.29 is 86.4 Å². The Morgan fingerprint density at radius 1 is 0.761 bits per heavy atom. The molecule has 0 aromatic heterocycles. The standard InChI is InChI=1S/C69H87NO18/c1-8-9-10-11-12-13-14-15-16-17-18-19-20-21-31-38-54-80-41-50(84-54)42-81-65(78)86-58(56(47-32-25-22-26-33-47)70-62(75)48-34-27-23-28-35-48)64(77)85-51-40-69(79)61(87-63(76)49-36-29-24-30-37-49)59-67(7,52(73)39-53-68(59,43-82-53)88-46(4)72)60(74)57(83-45(3)71)55(44(51)2)66(69,5)6/h11-12,14-15,22-30,32-37,50-54,56-59,61,73,79H,8-10,13,16-21,31,38-43H2,1-7H3,(H,70,75)/b12-11+,15-14+/t50?,51-,52-,53+,54?,56-,57+,58+,59?,61-,67+,68-,69+/m0/s1. The van der Waals surface area contributed by atoms with Gasteiger partial charge in [-0.3, -0.25) is 19.2 Å². The largest absolute Gasteiger partial charge is 0.509 e. The van der Waals surface area contributed by atoms with Crippen molar-refractivity contribution in [1.82, 2.24) is 5.32 Å². The van der Waals surface area contributed by atoms with Crippen LogP contribution < -0.4 is 5.32 Å². The molecular formula is C69H87NO18. The molecule has 0 radical (unpaired) electrons. The summed E-state index contributed by atoms with van der Waals surface area (Å²) in [5, 5.41) is 29.3. The molecule has 8 rings (SSSR count). The van der Waals surface area contributed by atoms with E-state index in [1.165, 1.54) is 38.8 Å². The van der Waals surface area contributed by atoms with Crippen molar-refractivity contribution in [2.45, 2.75) is 205 Å². The Kier molecular flexibility index (Phi) is 22.8. The number of hydrogen-bond donors (Lipinski definition) is 3. The van der Waals surface area contributed by atoms with Gasteiger partial charge in [-0.25, -0.2) is 14.4 Å². The van der Waals surface area contributed by atoms with Crippen molar-refractivity contribution in [1.29, 1.82) is 0 Å². The summed E-state index contributed by atoms with van der Waals surface area (Å²) in [5.74, 6) is -7.14. The van der Waals surface area contributed by atoms with Crippen LogP contribution in [0.2, 0.25) is 0 Å². The monoisotopic (exact) mass is 1220 g/mol. The number of amides is 1. The molecule has 3 aromatic carbocycles. The SMILES string of the molecule is CCCC/C=C/C/C=C/CCCCCCCCC1OCC(COC(=O)O[C@@H](C(=O)O[C@H]2C[C@@]3(O)[C@@H](OC(=O)c4ccccc4)C4[C@](C)(C(=O)[C@H](OC(C)=O)C(=C2C)C3(C)C)[C@@H](O)C[C@H]2OC[C@@]42OC(C)=O)[C@@H](NC(=O)c2ccccc2)c2ccccc2)O1. The van der Waals surface area contributed by atoms with Gasteiger partial charge < -0.3 is 58.2 Å². The number of carbonyl (C=O) groups excluding carboxylic acids is 7. The van der Waals surface area contributed by atoms with Crippen LogP contribution in [0.1, 0.15) is 171 Å². The van der Waals surface area contributed by atoms with E-state index >= 15 is 9.59 Å². The lowest BCUT2D eigenvalue weighted by atomic mass is 9.44. The predicted molar refractivity (Wildman–Crippen MR) is 322 cm³/mol. The van der Waals surface area contributed by atoms with Gasteiger partial charge in [0, 0.05) is 37.7 Å². The Balaban J connectivity index is 1.06. The van der Waals surface area contributed by atoms with Gasteiger partial charge in [-0.05, 0) is 93.3 Å². The Morgan fingerprint density at radius 3 is 2.01 bits per heavy atom. The molecule has 3 N–H and O–H groups in total. The van der Waals surface area contributed by atoms with Gasteiger partial charge in [-0.1, -0.05) is 150 Å². The fourth-order valence-electron chi connectivity index (χ4n) is 13.4. The van der Waals surface area contributed by atoms with Crippen molar-refractivity contribution in [2.75, 3.05) is 19.8 Å². The number of unbranched alkanes of at least 4 members (excludes halogenated alkanes) is 8. The number of nitrogens with one attached hydrogen (secondary N) is 1. The number of rotatable bonds is 27. The molecule has 0 spiro atoms. The Hall–Kier alpha value is -7.03. The number of ketones is 1. The number of benzene rings is 3. The first kappa shape index (κ1) is 66.9. The lowest BCUT2D eigenvalue weighted by Gasteiger charge is -2.67. The highest BCUT2D eigenvalue weighted by atomic mass is 16.8. The molecule has 88 heavy (non-hydrogen) atoms. The maximum Gasteiger partial charge on any atom is 0.509 e. The van der Waals surface area contributed by atoms with Gasteiger partial charge in [0.2, 0.25) is 6.10 Å². The summed E-state index contributed by atoms with van der Waals surface area (Å²) >= 11 is 0. The van der Waals surface area contributed by atoms with Crippen LogP contribution >= 0.6 is 0 Å². The second-order valence-electron chi connectivity index (χ2n) is 24.5. The van der Waals surface area contributed by atoms with Crippen molar-refractivity contribution in [2.24, 2.45) is 16.7 Å². The molecule has 3 aromatic rings. The summed E-state index contributed by atoms with van der Waals surface area (Å²) in [7, 11) is 0. The highest BCUT2D eigenvalue weighted by Gasteiger charge is 2.78. The Bertz CT molecular complexity index is 3000. The summed E-state index contributed by atoms with van der Waals surface area (Å²) in [5.41, 5.74) is -7.61. The molecule has 4 fully saturated rings. The zero-order valence-electron chi connectivity index (χ0n) is 51.7. The molecule has 2 aliphatic heterocycles. The van der Waals surface area contributed by atoms with E-state index in [0.29, 0.717) is 12.0 Å². The van der Waals surface area contributed by atoms with Crippen LogP contribution in [0.4, 0.5) is 4.79 Å². The lowest BCUT2D eigenvalue weighted by molar-refractivity contribution is -0.346. The Morgan fingerprint density at radius 2 is 1.39 bits per heavy atom. The number of fused-ring (bicyclic) bond motifs is 5. The molecule has 2 saturated heterocycles. The summed E-state index contributed by atoms with van der Waals surface area (Å²) in [4.78, 5) is 101. The van der Waals surface area contributed by atoms with Gasteiger partial charge in [-0.2, -0.15) is 0 Å². The highest BCUT2D eigenvalue weighted by molar-refractivity contribution is 5.96. The molecule has 2 saturated carbocycles. The predicted octanol–water partition coefficient (Wildman–Crippen LogP) is 10.5. The highest BCUT2D eigenvalue weighted by Crippen LogP contribution is 2.64. The second kappa shape index (κ2) is 30.0. The first-order valence-electron chi connectivity index (χ1n) is 31.1. The van der Waals surface area contributed by atoms with Crippen LogP contribution in [0, 0.1) is 16.7 Å². The molecule has 2 heterocycles. The molecule has 13 atom stereocenters. The maximum atomic E-state index is 15.9. The van der Waals surface area contributed by atoms with E-state index in [0.717, 1.165) is 71.6 Å². The van der Waals surface area contributed by atoms with Crippen LogP contribution in [0.5, 0.6) is 0 Å². The second-order valence-corrected chi connectivity index (χ2v) is 24.5. The molecular weight excluding hydrogens is 1130 g/mol. The summed E-state index contributed by atoms with van der Waals surface area (Å²) < 4.78 is 54.7. The van der Waals surface area contributed by atoms with Gasteiger partial charge in [0.1, 0.15) is 42.7 Å². The number of hydrogen-bond acceptors (Lipinski definition) is 18. The average molecular weight is 1220 g/mol. The molecule has 476 valence electrons. The summed E-state index contributed by atoms with van der Waals surface area (Å²) in [6.45, 7) is 9.88. The van der Waals surface area contributed by atoms with Gasteiger partial charge in [0.25, 0.3) is 5.91 Å². The smallest absolute Gasteiger partial charge is 0.455 e. The fourth-order valence-corrected chi connectivity index (χ4v) is 13.4. The number of aliphatic hydroxyl groups is 2. The van der Waals surface area contributed by atoms with Gasteiger partial charge in [-0.15, -0.1) is 0 Å². The van der Waals surface area contributed by atoms with E-state index in [1.54, 1.807) is 92.7 Å². The molecule has 3 aliphatic carbocycles. The minimum Gasteiger partial charge on any atom is -0.455 e. The number of allylic oxidation sites excluding steroid dienone is 4. The fraction of sp³-hybridized carbons (Fsp3) is 0.551. The number of esters is 4. The molecule has 1 amide bonds. The maximum absolute atomic E-state index is 15.9. The first-order valence-corrected chi connectivity index (χ1v) is 31.1. The summed E-state index contributed by atoms with van der Waals surface area (Å²) in [6, 6.07) is 22.7. The van der Waals surface area contributed by atoms with Crippen LogP contribution in [0.25, 0.3) is 0 Å². The first-order chi connectivity index (χ1) is 42.2. The molecule has 5 aliphatic rings. The van der Waals surface area contributed by atoms with Crippen molar-refractivity contribution in [3.63, 3.8) is 0 Å². The van der Waals surface area contributed by atoms with Crippen LogP contribution in [-0.4, -0.2) is 132 Å². The lowest BCUT2D eigenvalue weighted by Crippen LogP contribution is -2.82. The third-order valence-corrected chi connectivity index (χ3v) is 18.3. The number of ether oxygens (including phenoxy) is 9. The molecule has 19 nitrogen and oxygen atoms in total. The van der Waals surface area contributed by atoms with E-state index in [1.807, 2.05) is 0 Å². The quantitative estimate of drug-likeness (QED) is 0.0277. The minimum absolute atomic E-state index is 0.0395. The number of aliphatic hydroxyl groups excluding tert-OH is 1. The van der Waals surface area contributed by atoms with Crippen molar-refractivity contribution in [3.8, 4) is 0 Å². The molecule has 2 bridgehead atoms. The third-order valence-electron chi connectivity index (χ3n) is 18.3. The molecule has 19 heteroatoms. The average Bonchev–Trinajstić information content (AvgIpc) is 0.828. The van der Waals surface area contributed by atoms with Crippen molar-refractivity contribution >= 4 is 41.7 Å². The zero-order valence-corrected chi connectivity index (χ0v) is 51.7. The number of carbonyl (C=O) groups is 7. The minimum atomic E-state index is -2.49. The van der Waals surface area contributed by atoms with E-state index in [4.69, 9.17) is 42.6 Å². The van der Waals surface area contributed by atoms with Crippen LogP contribution in [0.3, 0.4) is 0 Å². The van der Waals surface area contributed by atoms with Gasteiger partial charge in [0.05, 0.1) is 36.2 Å². The van der Waals surface area contributed by atoms with E-state index in [-0.39, 0.29) is 48.5 Å². The zero-order chi connectivity index (χ0) is 63.2. The topological polar surface area (TPSA) is 255 Å². The third kappa shape index (κ3) is 15.0.